The fourth-order valence-corrected chi connectivity index (χ4v) is 4.28. The van der Waals surface area contributed by atoms with Crippen LogP contribution in [-0.2, 0) is 19.6 Å². The van der Waals surface area contributed by atoms with Crippen molar-refractivity contribution in [3.8, 4) is 11.1 Å². The second kappa shape index (κ2) is 8.97. The zero-order chi connectivity index (χ0) is 22.8. The standard InChI is InChI=1S/C22H27N3O5S/c1-5-30-22(27)24-14-15(3)25(16(4)26)20-12-9-18(13-21(20)24)17-7-10-19(11-8-17)23-31(28,29)6-2/h7-13,15,23H,5-6,14H2,1-4H3/t15-/m0/s1. The van der Waals surface area contributed by atoms with Gasteiger partial charge >= 0.3 is 6.09 Å². The molecule has 0 saturated carbocycles. The summed E-state index contributed by atoms with van der Waals surface area (Å²) in [4.78, 5) is 28.0. The van der Waals surface area contributed by atoms with E-state index in [9.17, 15) is 18.0 Å². The van der Waals surface area contributed by atoms with Crippen LogP contribution in [0, 0.1) is 0 Å². The summed E-state index contributed by atoms with van der Waals surface area (Å²) >= 11 is 0. The summed E-state index contributed by atoms with van der Waals surface area (Å²) < 4.78 is 31.2. The van der Waals surface area contributed by atoms with E-state index in [4.69, 9.17) is 4.74 Å². The van der Waals surface area contributed by atoms with Gasteiger partial charge in [-0.05, 0) is 56.2 Å². The van der Waals surface area contributed by atoms with Gasteiger partial charge < -0.3 is 9.64 Å². The lowest BCUT2D eigenvalue weighted by Crippen LogP contribution is -2.51. The molecule has 0 unspecified atom stereocenters. The van der Waals surface area contributed by atoms with Gasteiger partial charge in [-0.3, -0.25) is 14.4 Å². The molecule has 1 aliphatic heterocycles. The normalized spacial score (nSPS) is 15.9. The monoisotopic (exact) mass is 445 g/mol. The first-order valence-electron chi connectivity index (χ1n) is 10.2. The molecule has 2 amide bonds. The number of hydrogen-bond acceptors (Lipinski definition) is 5. The van der Waals surface area contributed by atoms with Crippen molar-refractivity contribution in [1.82, 2.24) is 0 Å². The molecule has 1 heterocycles. The molecule has 2 aromatic rings. The predicted octanol–water partition coefficient (Wildman–Crippen LogP) is 3.83. The Hall–Kier alpha value is -3.07. The summed E-state index contributed by atoms with van der Waals surface area (Å²) in [7, 11) is -3.35. The number of benzene rings is 2. The van der Waals surface area contributed by atoms with Gasteiger partial charge in [0.2, 0.25) is 15.9 Å². The Morgan fingerprint density at radius 1 is 1.06 bits per heavy atom. The number of nitrogens with zero attached hydrogens (tertiary/aromatic N) is 2. The van der Waals surface area contributed by atoms with Crippen LogP contribution in [0.5, 0.6) is 0 Å². The highest BCUT2D eigenvalue weighted by Crippen LogP contribution is 2.39. The molecule has 9 heteroatoms. The SMILES string of the molecule is CCOC(=O)N1C[C@H](C)N(C(C)=O)c2ccc(-c3ccc(NS(=O)(=O)CC)cc3)cc21. The number of carbonyl (C=O) groups is 2. The van der Waals surface area contributed by atoms with Crippen LogP contribution in [0.3, 0.4) is 0 Å². The van der Waals surface area contributed by atoms with Crippen molar-refractivity contribution in [3.05, 3.63) is 42.5 Å². The Bertz CT molecular complexity index is 1080. The molecule has 0 spiro atoms. The number of sulfonamides is 1. The molecule has 3 rings (SSSR count). The second-order valence-electron chi connectivity index (χ2n) is 7.33. The maximum Gasteiger partial charge on any atom is 0.414 e. The van der Waals surface area contributed by atoms with Crippen LogP contribution in [0.15, 0.2) is 42.5 Å². The van der Waals surface area contributed by atoms with E-state index in [1.807, 2.05) is 25.1 Å². The second-order valence-corrected chi connectivity index (χ2v) is 9.34. The predicted molar refractivity (Wildman–Crippen MR) is 122 cm³/mol. The minimum absolute atomic E-state index is 0.00562. The van der Waals surface area contributed by atoms with Gasteiger partial charge in [0, 0.05) is 19.2 Å². The highest BCUT2D eigenvalue weighted by atomic mass is 32.2. The summed E-state index contributed by atoms with van der Waals surface area (Å²) in [6, 6.07) is 12.3. The summed E-state index contributed by atoms with van der Waals surface area (Å²) in [5.41, 5.74) is 3.40. The van der Waals surface area contributed by atoms with Crippen molar-refractivity contribution in [2.24, 2.45) is 0 Å². The van der Waals surface area contributed by atoms with Crippen molar-refractivity contribution in [2.45, 2.75) is 33.7 Å². The number of ether oxygens (including phenoxy) is 1. The quantitative estimate of drug-likeness (QED) is 0.755. The molecule has 31 heavy (non-hydrogen) atoms. The van der Waals surface area contributed by atoms with Crippen LogP contribution >= 0.6 is 0 Å². The van der Waals surface area contributed by atoms with E-state index >= 15 is 0 Å². The lowest BCUT2D eigenvalue weighted by Gasteiger charge is -2.40. The lowest BCUT2D eigenvalue weighted by molar-refractivity contribution is -0.117. The van der Waals surface area contributed by atoms with E-state index in [1.165, 1.54) is 6.92 Å². The first kappa shape index (κ1) is 22.6. The van der Waals surface area contributed by atoms with Crippen LogP contribution in [0.4, 0.5) is 21.9 Å². The van der Waals surface area contributed by atoms with Crippen LogP contribution < -0.4 is 14.5 Å². The fourth-order valence-electron chi connectivity index (χ4n) is 3.64. The molecule has 1 aliphatic rings. The van der Waals surface area contributed by atoms with E-state index in [-0.39, 0.29) is 24.3 Å². The van der Waals surface area contributed by atoms with E-state index in [2.05, 4.69) is 4.72 Å². The van der Waals surface area contributed by atoms with Gasteiger partial charge in [0.15, 0.2) is 0 Å². The smallest absolute Gasteiger partial charge is 0.414 e. The maximum atomic E-state index is 12.6. The number of anilines is 3. The molecule has 1 atom stereocenters. The van der Waals surface area contributed by atoms with Gasteiger partial charge in [-0.2, -0.15) is 0 Å². The van der Waals surface area contributed by atoms with Crippen LogP contribution in [-0.4, -0.2) is 45.4 Å². The molecule has 0 bridgehead atoms. The zero-order valence-electron chi connectivity index (χ0n) is 18.1. The molecular weight excluding hydrogens is 418 g/mol. The molecule has 166 valence electrons. The van der Waals surface area contributed by atoms with Gasteiger partial charge in [-0.1, -0.05) is 18.2 Å². The van der Waals surface area contributed by atoms with Gasteiger partial charge in [-0.25, -0.2) is 13.2 Å². The van der Waals surface area contributed by atoms with Gasteiger partial charge in [-0.15, -0.1) is 0 Å². The van der Waals surface area contributed by atoms with E-state index < -0.39 is 16.1 Å². The number of hydrogen-bond donors (Lipinski definition) is 1. The molecule has 2 aromatic carbocycles. The van der Waals surface area contributed by atoms with Gasteiger partial charge in [0.05, 0.1) is 29.8 Å². The van der Waals surface area contributed by atoms with Crippen molar-refractivity contribution in [2.75, 3.05) is 33.4 Å². The van der Waals surface area contributed by atoms with Gasteiger partial charge in [0.25, 0.3) is 0 Å². The number of amides is 2. The molecule has 8 nitrogen and oxygen atoms in total. The number of nitrogens with one attached hydrogen (secondary N) is 1. The molecule has 1 N–H and O–H groups in total. The molecule has 0 aliphatic carbocycles. The molecule has 0 fully saturated rings. The Labute approximate surface area is 182 Å². The Kier molecular flexibility index (Phi) is 6.54. The first-order chi connectivity index (χ1) is 14.7. The zero-order valence-corrected chi connectivity index (χ0v) is 18.9. The summed E-state index contributed by atoms with van der Waals surface area (Å²) in [5, 5.41) is 0. The third-order valence-corrected chi connectivity index (χ3v) is 6.42. The highest BCUT2D eigenvalue weighted by molar-refractivity contribution is 7.92. The van der Waals surface area contributed by atoms with E-state index in [0.29, 0.717) is 23.6 Å². The largest absolute Gasteiger partial charge is 0.449 e. The summed E-state index contributed by atoms with van der Waals surface area (Å²) in [5.74, 6) is -0.105. The Morgan fingerprint density at radius 2 is 1.71 bits per heavy atom. The third-order valence-electron chi connectivity index (χ3n) is 5.11. The first-order valence-corrected chi connectivity index (χ1v) is 11.8. The number of carbonyl (C=O) groups excluding carboxylic acids is 2. The van der Waals surface area contributed by atoms with Crippen LogP contribution in [0.25, 0.3) is 11.1 Å². The lowest BCUT2D eigenvalue weighted by atomic mass is 10.0. The highest BCUT2D eigenvalue weighted by Gasteiger charge is 2.34. The van der Waals surface area contributed by atoms with Crippen molar-refractivity contribution < 1.29 is 22.7 Å². The minimum Gasteiger partial charge on any atom is -0.449 e. The summed E-state index contributed by atoms with van der Waals surface area (Å²) in [6.45, 7) is 7.30. The third kappa shape index (κ3) is 4.82. The Balaban J connectivity index is 2.00. The van der Waals surface area contributed by atoms with Gasteiger partial charge in [0.1, 0.15) is 0 Å². The topological polar surface area (TPSA) is 96.0 Å². The average molecular weight is 446 g/mol. The van der Waals surface area contributed by atoms with Crippen molar-refractivity contribution in [1.29, 1.82) is 0 Å². The molecule has 0 aromatic heterocycles. The number of rotatable bonds is 5. The average Bonchev–Trinajstić information content (AvgIpc) is 2.73. The van der Waals surface area contributed by atoms with E-state index in [0.717, 1.165) is 11.1 Å². The van der Waals surface area contributed by atoms with Crippen molar-refractivity contribution in [3.63, 3.8) is 0 Å². The fraction of sp³-hybridized carbons (Fsp3) is 0.364. The Morgan fingerprint density at radius 3 is 2.29 bits per heavy atom. The number of fused-ring (bicyclic) bond motifs is 1. The summed E-state index contributed by atoms with van der Waals surface area (Å²) in [6.07, 6.45) is -0.458. The van der Waals surface area contributed by atoms with Crippen LogP contribution in [0.1, 0.15) is 27.7 Å². The molecular formula is C22H27N3O5S. The van der Waals surface area contributed by atoms with E-state index in [1.54, 1.807) is 47.9 Å². The van der Waals surface area contributed by atoms with Crippen molar-refractivity contribution >= 4 is 39.1 Å². The minimum atomic E-state index is -3.35. The maximum absolute atomic E-state index is 12.6. The van der Waals surface area contributed by atoms with Crippen LogP contribution in [0.2, 0.25) is 0 Å². The molecule has 0 saturated heterocycles. The molecule has 0 radical (unpaired) electrons.